The maximum Gasteiger partial charge on any atom is 0.135 e. The van der Waals surface area contributed by atoms with Crippen LogP contribution in [0.2, 0.25) is 0 Å². The summed E-state index contributed by atoms with van der Waals surface area (Å²) < 4.78 is 11.0. The average molecular weight is 727 g/mol. The first kappa shape index (κ1) is 31.7. The zero-order valence-corrected chi connectivity index (χ0v) is 30.9. The molecule has 0 fully saturated rings. The third-order valence-electron chi connectivity index (χ3n) is 11.7. The van der Waals surface area contributed by atoms with Gasteiger partial charge >= 0.3 is 0 Å². The number of aromatic nitrogens is 2. The van der Waals surface area contributed by atoms with Crippen molar-refractivity contribution in [3.63, 3.8) is 0 Å². The molecule has 266 valence electrons. The Morgan fingerprint density at radius 3 is 1.60 bits per heavy atom. The smallest absolute Gasteiger partial charge is 0.135 e. The molecule has 0 spiro atoms. The Morgan fingerprint density at radius 1 is 0.281 bits per heavy atom. The van der Waals surface area contributed by atoms with Crippen molar-refractivity contribution >= 4 is 65.6 Å². The van der Waals surface area contributed by atoms with Crippen molar-refractivity contribution in [2.75, 3.05) is 0 Å². The van der Waals surface area contributed by atoms with Crippen LogP contribution in [-0.2, 0) is 0 Å². The first-order valence-corrected chi connectivity index (χ1v) is 19.5. The van der Waals surface area contributed by atoms with Crippen LogP contribution in [0.5, 0.6) is 0 Å². The van der Waals surface area contributed by atoms with Gasteiger partial charge in [-0.05, 0) is 94.5 Å². The van der Waals surface area contributed by atoms with E-state index in [0.717, 1.165) is 33.3 Å². The summed E-state index contributed by atoms with van der Waals surface area (Å²) in [5.41, 5.74) is 16.1. The minimum atomic E-state index is 0.903. The van der Waals surface area contributed by atoms with Crippen LogP contribution in [0, 0.1) is 0 Å². The van der Waals surface area contributed by atoms with Crippen molar-refractivity contribution in [1.29, 1.82) is 0 Å². The fourth-order valence-corrected chi connectivity index (χ4v) is 9.08. The number of benzene rings is 9. The molecule has 3 nitrogen and oxygen atoms in total. The maximum atomic E-state index is 6.19. The van der Waals surface area contributed by atoms with E-state index in [2.05, 4.69) is 203 Å². The van der Waals surface area contributed by atoms with Gasteiger partial charge in [0, 0.05) is 49.3 Å². The van der Waals surface area contributed by atoms with Gasteiger partial charge in [0.1, 0.15) is 11.2 Å². The van der Waals surface area contributed by atoms with Gasteiger partial charge in [-0.25, -0.2) is 0 Å². The molecule has 0 aliphatic heterocycles. The average Bonchev–Trinajstić information content (AvgIpc) is 3.94. The van der Waals surface area contributed by atoms with Crippen molar-refractivity contribution in [2.45, 2.75) is 0 Å². The van der Waals surface area contributed by atoms with Crippen molar-refractivity contribution in [3.05, 3.63) is 206 Å². The van der Waals surface area contributed by atoms with Gasteiger partial charge in [-0.1, -0.05) is 140 Å². The monoisotopic (exact) mass is 726 g/mol. The normalized spacial score (nSPS) is 11.9. The fourth-order valence-electron chi connectivity index (χ4n) is 9.08. The lowest BCUT2D eigenvalue weighted by atomic mass is 9.99. The Labute approximate surface area is 328 Å². The topological polar surface area (TPSA) is 23.0 Å². The van der Waals surface area contributed by atoms with Crippen molar-refractivity contribution in [3.8, 4) is 44.8 Å². The van der Waals surface area contributed by atoms with Crippen molar-refractivity contribution in [1.82, 2.24) is 9.13 Å². The van der Waals surface area contributed by atoms with Crippen LogP contribution in [0.4, 0.5) is 0 Å². The van der Waals surface area contributed by atoms with Gasteiger partial charge in [0.05, 0.1) is 22.1 Å². The van der Waals surface area contributed by atoms with E-state index in [9.17, 15) is 0 Å². The lowest BCUT2D eigenvalue weighted by molar-refractivity contribution is 0.669. The SMILES string of the molecule is c1ccc(-c2ccc(-n3c4ccc(-c5ccc6c(c5)c5ccccc5n6-c5ccc6oc7ccccc7c6c5)cc4c4cccc(-c5ccccc5)c43)cc2)cc1. The minimum absolute atomic E-state index is 0.903. The molecule has 57 heavy (non-hydrogen) atoms. The molecule has 3 aromatic heterocycles. The first-order valence-electron chi connectivity index (χ1n) is 19.5. The molecule has 3 heterocycles. The van der Waals surface area contributed by atoms with E-state index in [1.165, 1.54) is 77.0 Å². The number of hydrogen-bond donors (Lipinski definition) is 0. The van der Waals surface area contributed by atoms with E-state index in [0.29, 0.717) is 0 Å². The minimum Gasteiger partial charge on any atom is -0.456 e. The molecule has 0 N–H and O–H groups in total. The van der Waals surface area contributed by atoms with Crippen LogP contribution < -0.4 is 0 Å². The standard InChI is InChI=1S/C54H34N2O/c1-3-12-35(13-4-1)36-22-26-40(27-23-36)56-51-30-25-39(33-47(51)45-19-11-18-42(54(45)56)37-14-5-2-6-15-37)38-24-29-50-46(32-38)43-16-7-9-20-49(43)55(50)41-28-31-53-48(34-41)44-17-8-10-21-52(44)57-53/h1-34H. The fraction of sp³-hybridized carbons (Fsp3) is 0. The summed E-state index contributed by atoms with van der Waals surface area (Å²) in [7, 11) is 0. The highest BCUT2D eigenvalue weighted by molar-refractivity contribution is 6.16. The van der Waals surface area contributed by atoms with Gasteiger partial charge in [0.25, 0.3) is 0 Å². The van der Waals surface area contributed by atoms with Gasteiger partial charge in [0.15, 0.2) is 0 Å². The molecule has 0 saturated carbocycles. The van der Waals surface area contributed by atoms with Gasteiger partial charge in [-0.15, -0.1) is 0 Å². The van der Waals surface area contributed by atoms with E-state index < -0.39 is 0 Å². The number of fused-ring (bicyclic) bond motifs is 9. The van der Waals surface area contributed by atoms with E-state index >= 15 is 0 Å². The summed E-state index contributed by atoms with van der Waals surface area (Å²) in [4.78, 5) is 0. The Hall–Kier alpha value is -7.62. The third kappa shape index (κ3) is 4.92. The largest absolute Gasteiger partial charge is 0.456 e. The highest BCUT2D eigenvalue weighted by Crippen LogP contribution is 2.42. The molecule has 0 saturated heterocycles. The van der Waals surface area contributed by atoms with E-state index in [1.807, 2.05) is 12.1 Å². The molecule has 12 aromatic rings. The van der Waals surface area contributed by atoms with Crippen LogP contribution in [0.25, 0.3) is 110 Å². The molecule has 0 amide bonds. The Morgan fingerprint density at radius 2 is 0.825 bits per heavy atom. The number of hydrogen-bond acceptors (Lipinski definition) is 1. The van der Waals surface area contributed by atoms with Crippen LogP contribution in [0.15, 0.2) is 211 Å². The lowest BCUT2D eigenvalue weighted by Crippen LogP contribution is -1.95. The number of furan rings is 1. The van der Waals surface area contributed by atoms with Crippen LogP contribution in [-0.4, -0.2) is 9.13 Å². The molecular weight excluding hydrogens is 693 g/mol. The summed E-state index contributed by atoms with van der Waals surface area (Å²) in [6, 6.07) is 74.6. The Kier molecular flexibility index (Phi) is 6.93. The molecule has 0 radical (unpaired) electrons. The molecule has 9 aromatic carbocycles. The predicted molar refractivity (Wildman–Crippen MR) is 239 cm³/mol. The van der Waals surface area contributed by atoms with Crippen LogP contribution in [0.1, 0.15) is 0 Å². The molecule has 12 rings (SSSR count). The predicted octanol–water partition coefficient (Wildman–Crippen LogP) is 14.8. The summed E-state index contributed by atoms with van der Waals surface area (Å²) in [6.45, 7) is 0. The zero-order chi connectivity index (χ0) is 37.5. The van der Waals surface area contributed by atoms with Gasteiger partial charge in [0.2, 0.25) is 0 Å². The summed E-state index contributed by atoms with van der Waals surface area (Å²) >= 11 is 0. The van der Waals surface area contributed by atoms with Crippen molar-refractivity contribution < 1.29 is 4.42 Å². The lowest BCUT2D eigenvalue weighted by Gasteiger charge is -2.13. The zero-order valence-electron chi connectivity index (χ0n) is 30.9. The van der Waals surface area contributed by atoms with Crippen LogP contribution >= 0.6 is 0 Å². The van der Waals surface area contributed by atoms with Gasteiger partial charge < -0.3 is 13.6 Å². The highest BCUT2D eigenvalue weighted by atomic mass is 16.3. The van der Waals surface area contributed by atoms with E-state index in [1.54, 1.807) is 0 Å². The van der Waals surface area contributed by atoms with Crippen LogP contribution in [0.3, 0.4) is 0 Å². The Bertz CT molecular complexity index is 3490. The second kappa shape index (κ2) is 12.5. The highest BCUT2D eigenvalue weighted by Gasteiger charge is 2.19. The molecular formula is C54H34N2O. The van der Waals surface area contributed by atoms with Gasteiger partial charge in [-0.2, -0.15) is 0 Å². The number of nitrogens with zero attached hydrogens (tertiary/aromatic N) is 2. The quantitative estimate of drug-likeness (QED) is 0.173. The second-order valence-corrected chi connectivity index (χ2v) is 14.9. The van der Waals surface area contributed by atoms with Gasteiger partial charge in [-0.3, -0.25) is 0 Å². The van der Waals surface area contributed by atoms with Crippen molar-refractivity contribution in [2.24, 2.45) is 0 Å². The third-order valence-corrected chi connectivity index (χ3v) is 11.7. The summed E-state index contributed by atoms with van der Waals surface area (Å²) in [5, 5.41) is 7.19. The molecule has 3 heteroatoms. The number of para-hydroxylation sites is 3. The first-order chi connectivity index (χ1) is 28.3. The molecule has 0 unspecified atom stereocenters. The molecule has 0 bridgehead atoms. The van der Waals surface area contributed by atoms with E-state index in [-0.39, 0.29) is 0 Å². The number of rotatable bonds is 5. The molecule has 0 aliphatic carbocycles. The summed E-state index contributed by atoms with van der Waals surface area (Å²) in [5.74, 6) is 0. The second-order valence-electron chi connectivity index (χ2n) is 14.9. The summed E-state index contributed by atoms with van der Waals surface area (Å²) in [6.07, 6.45) is 0. The molecule has 0 aliphatic rings. The molecule has 0 atom stereocenters. The maximum absolute atomic E-state index is 6.19. The van der Waals surface area contributed by atoms with E-state index in [4.69, 9.17) is 4.42 Å². The Balaban J connectivity index is 1.04.